The number of imide groups is 1. The maximum atomic E-state index is 12.6. The van der Waals surface area contributed by atoms with Gasteiger partial charge in [0.15, 0.2) is 17.9 Å². The number of aliphatic imine (C=N–C) groups is 1. The van der Waals surface area contributed by atoms with Crippen molar-refractivity contribution in [1.29, 1.82) is 0 Å². The van der Waals surface area contributed by atoms with Crippen LogP contribution >= 0.6 is 0 Å². The molecule has 170 valence electrons. The van der Waals surface area contributed by atoms with Crippen molar-refractivity contribution in [1.82, 2.24) is 20.1 Å². The van der Waals surface area contributed by atoms with Crippen LogP contribution in [0.15, 0.2) is 39.5 Å². The molecule has 2 aliphatic rings. The maximum absolute atomic E-state index is 12.6. The number of aromatic amines is 1. The van der Waals surface area contributed by atoms with Crippen molar-refractivity contribution in [3.05, 3.63) is 24.3 Å². The van der Waals surface area contributed by atoms with E-state index in [0.717, 1.165) is 30.2 Å². The number of H-pyrrole nitrogens is 1. The molecule has 0 aliphatic carbocycles. The van der Waals surface area contributed by atoms with Gasteiger partial charge in [-0.1, -0.05) is 57.2 Å². The van der Waals surface area contributed by atoms with E-state index in [4.69, 9.17) is 0 Å². The number of aromatic hydroxyl groups is 1. The zero-order valence-electron chi connectivity index (χ0n) is 18.4. The van der Waals surface area contributed by atoms with Gasteiger partial charge in [-0.2, -0.15) is 0 Å². The fourth-order valence-electron chi connectivity index (χ4n) is 4.21. The molecule has 0 spiro atoms. The van der Waals surface area contributed by atoms with Crippen molar-refractivity contribution in [2.24, 2.45) is 15.2 Å². The maximum Gasteiger partial charge on any atom is 0.325 e. The minimum absolute atomic E-state index is 0.0847. The Morgan fingerprint density at radius 3 is 2.66 bits per heavy atom. The summed E-state index contributed by atoms with van der Waals surface area (Å²) in [5, 5.41) is 22.0. The molecule has 2 aromatic rings. The second kappa shape index (κ2) is 9.37. The lowest BCUT2D eigenvalue weighted by molar-refractivity contribution is -0.127. The molecule has 0 saturated carbocycles. The number of carbonyl (C=O) groups excluding carboxylic acids is 2. The number of hydrogen-bond donors (Lipinski definition) is 3. The molecule has 10 heteroatoms. The summed E-state index contributed by atoms with van der Waals surface area (Å²) >= 11 is 0. The summed E-state index contributed by atoms with van der Waals surface area (Å²) in [5.74, 6) is -0.179. The number of hydrogen-bond acceptors (Lipinski definition) is 7. The first-order valence-electron chi connectivity index (χ1n) is 11.1. The lowest BCUT2D eigenvalue weighted by atomic mass is 10.1. The van der Waals surface area contributed by atoms with Crippen molar-refractivity contribution in [3.63, 3.8) is 0 Å². The van der Waals surface area contributed by atoms with Gasteiger partial charge in [0.1, 0.15) is 0 Å². The third kappa shape index (κ3) is 4.17. The first kappa shape index (κ1) is 21.8. The van der Waals surface area contributed by atoms with Crippen molar-refractivity contribution >= 4 is 34.5 Å². The number of amides is 3. The van der Waals surface area contributed by atoms with Gasteiger partial charge < -0.3 is 19.9 Å². The number of fused-ring (bicyclic) bond motifs is 2. The summed E-state index contributed by atoms with van der Waals surface area (Å²) in [6, 6.07) is 6.27. The number of rotatable bonds is 8. The zero-order valence-corrected chi connectivity index (χ0v) is 18.4. The molecule has 2 atom stereocenters. The second-order valence-electron chi connectivity index (χ2n) is 8.22. The Morgan fingerprint density at radius 2 is 1.84 bits per heavy atom. The topological polar surface area (TPSA) is 126 Å². The van der Waals surface area contributed by atoms with Crippen LogP contribution in [-0.2, 0) is 4.79 Å². The van der Waals surface area contributed by atoms with Gasteiger partial charge in [0.2, 0.25) is 11.8 Å². The number of benzene rings is 1. The van der Waals surface area contributed by atoms with Gasteiger partial charge in [-0.3, -0.25) is 10.1 Å². The van der Waals surface area contributed by atoms with E-state index in [-0.39, 0.29) is 17.7 Å². The van der Waals surface area contributed by atoms with Crippen molar-refractivity contribution in [3.8, 4) is 5.88 Å². The first-order valence-corrected chi connectivity index (χ1v) is 11.1. The van der Waals surface area contributed by atoms with Crippen LogP contribution in [0.2, 0.25) is 0 Å². The van der Waals surface area contributed by atoms with Gasteiger partial charge >= 0.3 is 6.03 Å². The number of guanidine groups is 1. The van der Waals surface area contributed by atoms with E-state index in [9.17, 15) is 14.7 Å². The van der Waals surface area contributed by atoms with E-state index in [2.05, 4.69) is 32.4 Å². The average Bonchev–Trinajstić information content (AvgIpc) is 3.30. The Labute approximate surface area is 186 Å². The Balaban J connectivity index is 1.56. The van der Waals surface area contributed by atoms with Crippen LogP contribution < -0.4 is 5.32 Å². The number of likely N-dealkylation sites (N-methyl/N-ethyl adjacent to an activating group) is 1. The number of carbonyl (C=O) groups is 2. The molecule has 2 unspecified atom stereocenters. The van der Waals surface area contributed by atoms with Gasteiger partial charge in [-0.15, -0.1) is 10.2 Å². The SMILES string of the molecule is CCCCCCCCN1C(N=Nc2c(O)[nH]c3ccccc23)=NC2C1C(=O)NC(=O)N2C. The quantitative estimate of drug-likeness (QED) is 0.426. The number of aromatic nitrogens is 1. The van der Waals surface area contributed by atoms with Crippen molar-refractivity contribution in [2.45, 2.75) is 57.7 Å². The van der Waals surface area contributed by atoms with Gasteiger partial charge in [-0.05, 0) is 12.5 Å². The average molecular weight is 440 g/mol. The standard InChI is InChI=1S/C22H29N7O3/c1-3-4-5-6-7-10-13-29-17-18(28(2)22(32)25-20(17)31)24-21(29)27-26-16-14-11-8-9-12-15(14)23-19(16)30/h8-9,11-12,17-18,23,30H,3-7,10,13H2,1-2H3,(H,25,31,32). The van der Waals surface area contributed by atoms with Gasteiger partial charge in [0, 0.05) is 19.0 Å². The summed E-state index contributed by atoms with van der Waals surface area (Å²) in [7, 11) is 1.61. The highest BCUT2D eigenvalue weighted by Crippen LogP contribution is 2.35. The number of nitrogens with one attached hydrogen (secondary N) is 2. The van der Waals surface area contributed by atoms with E-state index in [0.29, 0.717) is 12.2 Å². The molecule has 1 aromatic carbocycles. The largest absolute Gasteiger partial charge is 0.493 e. The Bertz CT molecular complexity index is 1060. The molecule has 32 heavy (non-hydrogen) atoms. The molecule has 10 nitrogen and oxygen atoms in total. The van der Waals surface area contributed by atoms with Gasteiger partial charge in [0.25, 0.3) is 5.91 Å². The number of nitrogens with zero attached hydrogens (tertiary/aromatic N) is 5. The summed E-state index contributed by atoms with van der Waals surface area (Å²) in [6.45, 7) is 2.77. The molecule has 3 amide bonds. The fraction of sp³-hybridized carbons (Fsp3) is 0.500. The number of azo groups is 1. The lowest BCUT2D eigenvalue weighted by Gasteiger charge is -2.35. The smallest absolute Gasteiger partial charge is 0.325 e. The van der Waals surface area contributed by atoms with E-state index >= 15 is 0 Å². The van der Waals surface area contributed by atoms with E-state index in [1.165, 1.54) is 24.2 Å². The fourth-order valence-corrected chi connectivity index (χ4v) is 4.21. The minimum atomic E-state index is -0.651. The van der Waals surface area contributed by atoms with Crippen LogP contribution in [0.3, 0.4) is 0 Å². The third-order valence-electron chi connectivity index (χ3n) is 5.99. The summed E-state index contributed by atoms with van der Waals surface area (Å²) in [6.07, 6.45) is 6.01. The molecule has 0 bridgehead atoms. The zero-order chi connectivity index (χ0) is 22.7. The van der Waals surface area contributed by atoms with Crippen LogP contribution in [0.25, 0.3) is 10.9 Å². The molecule has 1 aromatic heterocycles. The molecular formula is C22H29N7O3. The van der Waals surface area contributed by atoms with Gasteiger partial charge in [-0.25, -0.2) is 9.79 Å². The van der Waals surface area contributed by atoms with Gasteiger partial charge in [0.05, 0.1) is 5.52 Å². The third-order valence-corrected chi connectivity index (χ3v) is 5.99. The number of para-hydroxylation sites is 1. The molecule has 0 radical (unpaired) electrons. The molecular weight excluding hydrogens is 410 g/mol. The molecule has 3 heterocycles. The summed E-state index contributed by atoms with van der Waals surface area (Å²) in [4.78, 5) is 35.3. The van der Waals surface area contributed by atoms with E-state index < -0.39 is 18.2 Å². The van der Waals surface area contributed by atoms with Crippen molar-refractivity contribution in [2.75, 3.05) is 13.6 Å². The first-order chi connectivity index (χ1) is 15.5. The highest BCUT2D eigenvalue weighted by molar-refractivity contribution is 6.04. The van der Waals surface area contributed by atoms with Crippen LogP contribution in [0.5, 0.6) is 5.88 Å². The monoisotopic (exact) mass is 439 g/mol. The Kier molecular flexibility index (Phi) is 6.38. The Morgan fingerprint density at radius 1 is 1.09 bits per heavy atom. The molecule has 2 aliphatic heterocycles. The van der Waals surface area contributed by atoms with E-state index in [1.54, 1.807) is 7.05 Å². The Hall–Kier alpha value is -3.43. The minimum Gasteiger partial charge on any atom is -0.493 e. The molecule has 4 rings (SSSR count). The summed E-state index contributed by atoms with van der Waals surface area (Å²) < 4.78 is 0. The predicted octanol–water partition coefficient (Wildman–Crippen LogP) is 3.87. The van der Waals surface area contributed by atoms with Crippen LogP contribution in [0, 0.1) is 0 Å². The predicted molar refractivity (Wildman–Crippen MR) is 121 cm³/mol. The number of unbranched alkanes of at least 4 members (excludes halogenated alkanes) is 5. The highest BCUT2D eigenvalue weighted by Gasteiger charge is 2.48. The lowest BCUT2D eigenvalue weighted by Crippen LogP contribution is -2.63. The molecule has 1 fully saturated rings. The number of urea groups is 1. The molecule has 3 N–H and O–H groups in total. The van der Waals surface area contributed by atoms with Crippen molar-refractivity contribution < 1.29 is 14.7 Å². The summed E-state index contributed by atoms with van der Waals surface area (Å²) in [5.41, 5.74) is 1.06. The van der Waals surface area contributed by atoms with Crippen LogP contribution in [0.1, 0.15) is 45.4 Å². The normalized spacial score (nSPS) is 20.9. The highest BCUT2D eigenvalue weighted by atomic mass is 16.3. The molecule has 1 saturated heterocycles. The van der Waals surface area contributed by atoms with Crippen LogP contribution in [0.4, 0.5) is 10.5 Å². The van der Waals surface area contributed by atoms with E-state index in [1.807, 2.05) is 29.2 Å². The van der Waals surface area contributed by atoms with Crippen LogP contribution in [-0.4, -0.2) is 63.6 Å². The second-order valence-corrected chi connectivity index (χ2v) is 8.22.